The number of hydrogen-bond acceptors (Lipinski definition) is 4. The monoisotopic (exact) mass is 272 g/mol. The molecule has 0 fully saturated rings. The fourth-order valence-corrected chi connectivity index (χ4v) is 1.39. The summed E-state index contributed by atoms with van der Waals surface area (Å²) in [6.07, 6.45) is 0.758. The minimum absolute atomic E-state index is 0.0808. The van der Waals surface area contributed by atoms with Gasteiger partial charge in [-0.2, -0.15) is 0 Å². The van der Waals surface area contributed by atoms with Crippen LogP contribution in [0.25, 0.3) is 0 Å². The van der Waals surface area contributed by atoms with E-state index in [0.717, 1.165) is 12.2 Å². The second-order valence-corrected chi connectivity index (χ2v) is 3.68. The standard InChI is InChI=1S/C9H13BrN4O/c1-3-7-13-6(10)4-8(14-7)12-5-9(15)11-2/h4H,3,5H2,1-2H3,(H,11,15)(H,12,13,14). The van der Waals surface area contributed by atoms with Crippen LogP contribution in [0.4, 0.5) is 5.82 Å². The molecule has 0 aliphatic heterocycles. The molecule has 0 aliphatic carbocycles. The summed E-state index contributed by atoms with van der Waals surface area (Å²) in [5.74, 6) is 1.31. The van der Waals surface area contributed by atoms with Crippen LogP contribution in [0.3, 0.4) is 0 Å². The number of carbonyl (C=O) groups excluding carboxylic acids is 1. The predicted octanol–water partition coefficient (Wildman–Crippen LogP) is 0.959. The van der Waals surface area contributed by atoms with Gasteiger partial charge in [0.05, 0.1) is 6.54 Å². The number of amides is 1. The number of aryl methyl sites for hydroxylation is 1. The number of aromatic nitrogens is 2. The molecule has 0 saturated carbocycles. The third-order valence-corrected chi connectivity index (χ3v) is 2.17. The molecule has 6 heteroatoms. The van der Waals surface area contributed by atoms with Crippen molar-refractivity contribution < 1.29 is 4.79 Å². The van der Waals surface area contributed by atoms with Crippen molar-refractivity contribution in [2.24, 2.45) is 0 Å². The Morgan fingerprint density at radius 2 is 2.27 bits per heavy atom. The minimum atomic E-state index is -0.0808. The average molecular weight is 273 g/mol. The first-order valence-electron chi connectivity index (χ1n) is 4.63. The predicted molar refractivity (Wildman–Crippen MR) is 61.7 cm³/mol. The molecule has 0 radical (unpaired) electrons. The van der Waals surface area contributed by atoms with Gasteiger partial charge < -0.3 is 10.6 Å². The number of halogens is 1. The van der Waals surface area contributed by atoms with Crippen molar-refractivity contribution in [3.63, 3.8) is 0 Å². The lowest BCUT2D eigenvalue weighted by Gasteiger charge is -2.06. The van der Waals surface area contributed by atoms with E-state index >= 15 is 0 Å². The van der Waals surface area contributed by atoms with Gasteiger partial charge in [-0.25, -0.2) is 9.97 Å². The smallest absolute Gasteiger partial charge is 0.239 e. The summed E-state index contributed by atoms with van der Waals surface area (Å²) in [5, 5.41) is 5.44. The molecule has 1 heterocycles. The van der Waals surface area contributed by atoms with Crippen LogP contribution in [0.15, 0.2) is 10.7 Å². The van der Waals surface area contributed by atoms with Crippen LogP contribution in [-0.4, -0.2) is 29.5 Å². The fraction of sp³-hybridized carbons (Fsp3) is 0.444. The molecule has 15 heavy (non-hydrogen) atoms. The van der Waals surface area contributed by atoms with E-state index in [-0.39, 0.29) is 12.5 Å². The van der Waals surface area contributed by atoms with Gasteiger partial charge >= 0.3 is 0 Å². The minimum Gasteiger partial charge on any atom is -0.361 e. The number of hydrogen-bond donors (Lipinski definition) is 2. The summed E-state index contributed by atoms with van der Waals surface area (Å²) in [6, 6.07) is 1.74. The van der Waals surface area contributed by atoms with Gasteiger partial charge in [0.15, 0.2) is 0 Å². The highest BCUT2D eigenvalue weighted by atomic mass is 79.9. The molecule has 1 aromatic heterocycles. The summed E-state index contributed by atoms with van der Waals surface area (Å²) < 4.78 is 0.716. The molecule has 0 aromatic carbocycles. The topological polar surface area (TPSA) is 66.9 Å². The number of nitrogens with one attached hydrogen (secondary N) is 2. The van der Waals surface area contributed by atoms with Gasteiger partial charge in [-0.1, -0.05) is 6.92 Å². The summed E-state index contributed by atoms with van der Waals surface area (Å²) >= 11 is 3.29. The molecule has 1 rings (SSSR count). The number of anilines is 1. The van der Waals surface area contributed by atoms with Crippen LogP contribution >= 0.6 is 15.9 Å². The molecule has 0 bridgehead atoms. The van der Waals surface area contributed by atoms with Crippen molar-refractivity contribution in [1.82, 2.24) is 15.3 Å². The zero-order valence-corrected chi connectivity index (χ0v) is 10.3. The molecule has 0 aliphatic rings. The SMILES string of the molecule is CCc1nc(Br)cc(NCC(=O)NC)n1. The molecule has 82 valence electrons. The van der Waals surface area contributed by atoms with Gasteiger partial charge in [-0.3, -0.25) is 4.79 Å². The van der Waals surface area contributed by atoms with Crippen molar-refractivity contribution in [1.29, 1.82) is 0 Å². The van der Waals surface area contributed by atoms with Crippen molar-refractivity contribution in [2.75, 3.05) is 18.9 Å². The highest BCUT2D eigenvalue weighted by Gasteiger charge is 2.02. The van der Waals surface area contributed by atoms with E-state index in [1.807, 2.05) is 6.92 Å². The first-order chi connectivity index (χ1) is 7.15. The number of carbonyl (C=O) groups is 1. The first-order valence-corrected chi connectivity index (χ1v) is 5.43. The average Bonchev–Trinajstić information content (AvgIpc) is 2.25. The molecule has 0 spiro atoms. The lowest BCUT2D eigenvalue weighted by Crippen LogP contribution is -2.26. The maximum atomic E-state index is 11.0. The van der Waals surface area contributed by atoms with Gasteiger partial charge in [0.2, 0.25) is 5.91 Å². The second-order valence-electron chi connectivity index (χ2n) is 2.87. The molecule has 0 unspecified atom stereocenters. The number of nitrogens with zero attached hydrogens (tertiary/aromatic N) is 2. The molecular formula is C9H13BrN4O. The molecule has 0 saturated heterocycles. The van der Waals surface area contributed by atoms with Crippen LogP contribution in [0.1, 0.15) is 12.7 Å². The Morgan fingerprint density at radius 3 is 2.87 bits per heavy atom. The molecule has 1 amide bonds. The van der Waals surface area contributed by atoms with E-state index in [1.165, 1.54) is 0 Å². The van der Waals surface area contributed by atoms with Gasteiger partial charge in [-0.05, 0) is 15.9 Å². The Kier molecular flexibility index (Phi) is 4.48. The van der Waals surface area contributed by atoms with Gasteiger partial charge in [0.1, 0.15) is 16.2 Å². The van der Waals surface area contributed by atoms with Gasteiger partial charge in [-0.15, -0.1) is 0 Å². The normalized spacial score (nSPS) is 9.80. The van der Waals surface area contributed by atoms with Crippen molar-refractivity contribution in [3.8, 4) is 0 Å². The van der Waals surface area contributed by atoms with E-state index in [4.69, 9.17) is 0 Å². The molecule has 2 N–H and O–H groups in total. The summed E-state index contributed by atoms with van der Waals surface area (Å²) in [6.45, 7) is 2.19. The third kappa shape index (κ3) is 3.83. The van der Waals surface area contributed by atoms with Crippen molar-refractivity contribution in [2.45, 2.75) is 13.3 Å². The van der Waals surface area contributed by atoms with E-state index in [9.17, 15) is 4.79 Å². The van der Waals surface area contributed by atoms with Crippen molar-refractivity contribution >= 4 is 27.7 Å². The van der Waals surface area contributed by atoms with E-state index in [2.05, 4.69) is 36.5 Å². The quantitative estimate of drug-likeness (QED) is 0.802. The Morgan fingerprint density at radius 1 is 1.53 bits per heavy atom. The van der Waals surface area contributed by atoms with Crippen LogP contribution < -0.4 is 10.6 Å². The maximum Gasteiger partial charge on any atom is 0.239 e. The lowest BCUT2D eigenvalue weighted by molar-refractivity contribution is -0.118. The van der Waals surface area contributed by atoms with Crippen LogP contribution in [0.5, 0.6) is 0 Å². The molecule has 0 atom stereocenters. The zero-order valence-electron chi connectivity index (χ0n) is 8.67. The van der Waals surface area contributed by atoms with E-state index < -0.39 is 0 Å². The van der Waals surface area contributed by atoms with Crippen molar-refractivity contribution in [3.05, 3.63) is 16.5 Å². The summed E-state index contributed by atoms with van der Waals surface area (Å²) in [5.41, 5.74) is 0. The molecule has 1 aromatic rings. The fourth-order valence-electron chi connectivity index (χ4n) is 0.973. The Bertz CT molecular complexity index is 356. The first kappa shape index (κ1) is 11.9. The Labute approximate surface area is 96.8 Å². The molecule has 5 nitrogen and oxygen atoms in total. The highest BCUT2D eigenvalue weighted by Crippen LogP contribution is 2.12. The third-order valence-electron chi connectivity index (χ3n) is 1.77. The largest absolute Gasteiger partial charge is 0.361 e. The van der Waals surface area contributed by atoms with Crippen LogP contribution in [0, 0.1) is 0 Å². The van der Waals surface area contributed by atoms with E-state index in [1.54, 1.807) is 13.1 Å². The van der Waals surface area contributed by atoms with Crippen LogP contribution in [-0.2, 0) is 11.2 Å². The van der Waals surface area contributed by atoms with Crippen LogP contribution in [0.2, 0.25) is 0 Å². The number of likely N-dealkylation sites (N-methyl/N-ethyl adjacent to an activating group) is 1. The lowest BCUT2D eigenvalue weighted by atomic mass is 10.4. The Balaban J connectivity index is 2.68. The summed E-state index contributed by atoms with van der Waals surface area (Å²) in [4.78, 5) is 19.4. The van der Waals surface area contributed by atoms with Gasteiger partial charge in [0, 0.05) is 19.5 Å². The summed E-state index contributed by atoms with van der Waals surface area (Å²) in [7, 11) is 1.59. The molecular weight excluding hydrogens is 260 g/mol. The van der Waals surface area contributed by atoms with Gasteiger partial charge in [0.25, 0.3) is 0 Å². The second kappa shape index (κ2) is 5.65. The van der Waals surface area contributed by atoms with E-state index in [0.29, 0.717) is 10.4 Å². The maximum absolute atomic E-state index is 11.0. The zero-order chi connectivity index (χ0) is 11.3. The highest BCUT2D eigenvalue weighted by molar-refractivity contribution is 9.10. The number of rotatable bonds is 4. The Hall–Kier alpha value is -1.17.